The van der Waals surface area contributed by atoms with E-state index in [1.165, 1.54) is 6.42 Å². The first-order chi connectivity index (χ1) is 9.10. The highest BCUT2D eigenvalue weighted by atomic mass is 16.2. The van der Waals surface area contributed by atoms with Gasteiger partial charge in [-0.05, 0) is 56.2 Å². The van der Waals surface area contributed by atoms with E-state index in [0.717, 1.165) is 43.4 Å². The van der Waals surface area contributed by atoms with Crippen LogP contribution in [0.15, 0.2) is 24.3 Å². The maximum absolute atomic E-state index is 12.6. The molecule has 0 heterocycles. The molecule has 2 aliphatic rings. The maximum atomic E-state index is 12.6. The summed E-state index contributed by atoms with van der Waals surface area (Å²) >= 11 is 0. The first-order valence-corrected chi connectivity index (χ1v) is 7.29. The van der Waals surface area contributed by atoms with Crippen molar-refractivity contribution in [3.8, 4) is 0 Å². The molecule has 0 saturated heterocycles. The zero-order chi connectivity index (χ0) is 13.5. The molecule has 0 aliphatic heterocycles. The highest BCUT2D eigenvalue weighted by Crippen LogP contribution is 2.49. The summed E-state index contributed by atoms with van der Waals surface area (Å²) in [5.74, 6) is 0.221. The number of hydrogen-bond donors (Lipinski definition) is 2. The van der Waals surface area contributed by atoms with Crippen LogP contribution >= 0.6 is 0 Å². The molecule has 2 saturated carbocycles. The lowest BCUT2D eigenvalue weighted by atomic mass is 9.74. The molecule has 3 rings (SSSR count). The monoisotopic (exact) mass is 258 g/mol. The van der Waals surface area contributed by atoms with Gasteiger partial charge < -0.3 is 11.1 Å². The summed E-state index contributed by atoms with van der Waals surface area (Å²) in [6.45, 7) is 2.17. The number of benzene rings is 1. The Morgan fingerprint density at radius 3 is 2.26 bits per heavy atom. The summed E-state index contributed by atoms with van der Waals surface area (Å²) < 4.78 is 0. The van der Waals surface area contributed by atoms with Gasteiger partial charge in [-0.15, -0.1) is 0 Å². The molecule has 0 radical (unpaired) electrons. The molecule has 0 bridgehead atoms. The Morgan fingerprint density at radius 1 is 1.21 bits per heavy atom. The number of nitrogens with one attached hydrogen (secondary N) is 1. The van der Waals surface area contributed by atoms with Gasteiger partial charge in [-0.1, -0.05) is 19.1 Å². The first-order valence-electron chi connectivity index (χ1n) is 7.29. The van der Waals surface area contributed by atoms with Gasteiger partial charge in [-0.25, -0.2) is 0 Å². The second-order valence-corrected chi connectivity index (χ2v) is 6.15. The molecule has 3 nitrogen and oxygen atoms in total. The topological polar surface area (TPSA) is 55.1 Å². The average molecular weight is 258 g/mol. The molecule has 2 aliphatic carbocycles. The molecule has 1 aromatic carbocycles. The maximum Gasteiger partial charge on any atom is 0.231 e. The van der Waals surface area contributed by atoms with E-state index in [2.05, 4.69) is 12.2 Å². The van der Waals surface area contributed by atoms with Gasteiger partial charge in [-0.2, -0.15) is 0 Å². The molecule has 102 valence electrons. The van der Waals surface area contributed by atoms with Crippen molar-refractivity contribution in [3.05, 3.63) is 29.8 Å². The predicted molar refractivity (Wildman–Crippen MR) is 76.8 cm³/mol. The van der Waals surface area contributed by atoms with E-state index < -0.39 is 0 Å². The van der Waals surface area contributed by atoms with Crippen LogP contribution in [0.1, 0.15) is 51.0 Å². The van der Waals surface area contributed by atoms with Crippen molar-refractivity contribution in [3.63, 3.8) is 0 Å². The summed E-state index contributed by atoms with van der Waals surface area (Å²) in [7, 11) is 0. The van der Waals surface area contributed by atoms with Crippen molar-refractivity contribution >= 4 is 11.6 Å². The molecule has 1 aromatic rings. The Balaban J connectivity index is 1.77. The Labute approximate surface area is 114 Å². The zero-order valence-electron chi connectivity index (χ0n) is 11.5. The fraction of sp³-hybridized carbons (Fsp3) is 0.562. The number of amides is 1. The number of nitrogen functional groups attached to an aromatic ring is 1. The second kappa shape index (κ2) is 4.26. The number of rotatable bonds is 4. The van der Waals surface area contributed by atoms with Gasteiger partial charge in [0.1, 0.15) is 0 Å². The standard InChI is InChI=1S/C16H22N2O/c1-2-15(8-3-9-15)18-14(19)16(10-11-16)12-4-6-13(17)7-5-12/h4-7H,2-3,8-11,17H2,1H3,(H,18,19). The van der Waals surface area contributed by atoms with Crippen LogP contribution < -0.4 is 11.1 Å². The van der Waals surface area contributed by atoms with Crippen LogP contribution in [0, 0.1) is 0 Å². The molecule has 3 heteroatoms. The minimum absolute atomic E-state index is 0.0838. The summed E-state index contributed by atoms with van der Waals surface area (Å²) in [5, 5.41) is 3.33. The molecular weight excluding hydrogens is 236 g/mol. The van der Waals surface area contributed by atoms with Gasteiger partial charge in [0, 0.05) is 11.2 Å². The highest BCUT2D eigenvalue weighted by molar-refractivity contribution is 5.92. The quantitative estimate of drug-likeness (QED) is 0.816. The smallest absolute Gasteiger partial charge is 0.231 e. The van der Waals surface area contributed by atoms with Crippen LogP contribution in [0.4, 0.5) is 5.69 Å². The molecule has 1 amide bonds. The van der Waals surface area contributed by atoms with Crippen molar-refractivity contribution in [1.82, 2.24) is 5.32 Å². The lowest BCUT2D eigenvalue weighted by Gasteiger charge is -2.43. The Bertz CT molecular complexity index is 478. The van der Waals surface area contributed by atoms with Crippen molar-refractivity contribution in [2.45, 2.75) is 56.4 Å². The summed E-state index contributed by atoms with van der Waals surface area (Å²) in [5.41, 5.74) is 7.40. The van der Waals surface area contributed by atoms with Crippen molar-refractivity contribution in [2.75, 3.05) is 5.73 Å². The lowest BCUT2D eigenvalue weighted by molar-refractivity contribution is -0.126. The third-order valence-electron chi connectivity index (χ3n) is 5.01. The summed E-state index contributed by atoms with van der Waals surface area (Å²) in [4.78, 5) is 12.6. The first kappa shape index (κ1) is 12.5. The van der Waals surface area contributed by atoms with Crippen LogP contribution in [0.2, 0.25) is 0 Å². The van der Waals surface area contributed by atoms with Crippen LogP contribution in [0.3, 0.4) is 0 Å². The number of carbonyl (C=O) groups excluding carboxylic acids is 1. The Morgan fingerprint density at radius 2 is 1.84 bits per heavy atom. The van der Waals surface area contributed by atoms with Gasteiger partial charge >= 0.3 is 0 Å². The molecular formula is C16H22N2O. The minimum Gasteiger partial charge on any atom is -0.399 e. The van der Waals surface area contributed by atoms with Gasteiger partial charge in [0.05, 0.1) is 5.41 Å². The Hall–Kier alpha value is -1.51. The molecule has 19 heavy (non-hydrogen) atoms. The van der Waals surface area contributed by atoms with E-state index in [0.29, 0.717) is 0 Å². The Kier molecular flexibility index (Phi) is 2.80. The van der Waals surface area contributed by atoms with Crippen molar-refractivity contribution in [1.29, 1.82) is 0 Å². The minimum atomic E-state index is -0.272. The number of hydrogen-bond acceptors (Lipinski definition) is 2. The molecule has 0 aromatic heterocycles. The molecule has 0 atom stereocenters. The SMILES string of the molecule is CCC1(NC(=O)C2(c3ccc(N)cc3)CC2)CCC1. The van der Waals surface area contributed by atoms with Crippen LogP contribution in [0.5, 0.6) is 0 Å². The normalized spacial score (nSPS) is 22.4. The van der Waals surface area contributed by atoms with Crippen LogP contribution in [0.25, 0.3) is 0 Å². The van der Waals surface area contributed by atoms with E-state index in [4.69, 9.17) is 5.73 Å². The van der Waals surface area contributed by atoms with Gasteiger partial charge in [0.15, 0.2) is 0 Å². The van der Waals surface area contributed by atoms with Gasteiger partial charge in [-0.3, -0.25) is 4.79 Å². The number of carbonyl (C=O) groups is 1. The third kappa shape index (κ3) is 2.01. The summed E-state index contributed by atoms with van der Waals surface area (Å²) in [6.07, 6.45) is 6.46. The number of nitrogens with two attached hydrogens (primary N) is 1. The lowest BCUT2D eigenvalue weighted by Crippen LogP contribution is -2.55. The largest absolute Gasteiger partial charge is 0.399 e. The van der Waals surface area contributed by atoms with Gasteiger partial charge in [0.25, 0.3) is 0 Å². The highest BCUT2D eigenvalue weighted by Gasteiger charge is 2.53. The fourth-order valence-electron chi connectivity index (χ4n) is 3.10. The second-order valence-electron chi connectivity index (χ2n) is 6.15. The molecule has 2 fully saturated rings. The van der Waals surface area contributed by atoms with E-state index in [1.807, 2.05) is 24.3 Å². The van der Waals surface area contributed by atoms with Crippen molar-refractivity contribution in [2.24, 2.45) is 0 Å². The van der Waals surface area contributed by atoms with E-state index in [1.54, 1.807) is 0 Å². The molecule has 0 unspecified atom stereocenters. The predicted octanol–water partition coefficient (Wildman–Crippen LogP) is 2.75. The van der Waals surface area contributed by atoms with E-state index >= 15 is 0 Å². The van der Waals surface area contributed by atoms with E-state index in [9.17, 15) is 4.79 Å². The average Bonchev–Trinajstić information content (AvgIpc) is 3.16. The van der Waals surface area contributed by atoms with E-state index in [-0.39, 0.29) is 16.9 Å². The fourth-order valence-corrected chi connectivity index (χ4v) is 3.10. The van der Waals surface area contributed by atoms with Crippen molar-refractivity contribution < 1.29 is 4.79 Å². The summed E-state index contributed by atoms with van der Waals surface area (Å²) in [6, 6.07) is 7.78. The number of anilines is 1. The van der Waals surface area contributed by atoms with Crippen LogP contribution in [-0.4, -0.2) is 11.4 Å². The van der Waals surface area contributed by atoms with Gasteiger partial charge in [0.2, 0.25) is 5.91 Å². The molecule has 3 N–H and O–H groups in total. The molecule has 0 spiro atoms. The third-order valence-corrected chi connectivity index (χ3v) is 5.01. The van der Waals surface area contributed by atoms with Crippen LogP contribution in [-0.2, 0) is 10.2 Å². The zero-order valence-corrected chi connectivity index (χ0v) is 11.5.